The van der Waals surface area contributed by atoms with Crippen molar-refractivity contribution in [2.75, 3.05) is 7.11 Å². The molecular formula is C22H22N2O2. The molecule has 4 nitrogen and oxygen atoms in total. The number of rotatable bonds is 6. The molecule has 0 spiro atoms. The van der Waals surface area contributed by atoms with Crippen LogP contribution in [0.5, 0.6) is 5.75 Å². The van der Waals surface area contributed by atoms with Gasteiger partial charge in [-0.3, -0.25) is 9.48 Å². The molecule has 0 N–H and O–H groups in total. The fourth-order valence-electron chi connectivity index (χ4n) is 2.89. The molecular weight excluding hydrogens is 324 g/mol. The molecule has 1 heterocycles. The number of aromatic nitrogens is 2. The highest BCUT2D eigenvalue weighted by molar-refractivity contribution is 6.07. The smallest absolute Gasteiger partial charge is 0.185 e. The molecule has 0 unspecified atom stereocenters. The topological polar surface area (TPSA) is 44.1 Å². The minimum atomic E-state index is -0.0569. The number of carbonyl (C=O) groups is 1. The van der Waals surface area contributed by atoms with Crippen molar-refractivity contribution in [3.05, 3.63) is 88.8 Å². The number of methoxy groups -OCH3 is 1. The van der Waals surface area contributed by atoms with E-state index in [1.165, 1.54) is 5.56 Å². The highest BCUT2D eigenvalue weighted by atomic mass is 16.5. The Balaban J connectivity index is 1.81. The Morgan fingerprint density at radius 2 is 1.88 bits per heavy atom. The normalized spacial score (nSPS) is 11.0. The van der Waals surface area contributed by atoms with Crippen molar-refractivity contribution in [2.24, 2.45) is 0 Å². The van der Waals surface area contributed by atoms with Crippen LogP contribution in [0.3, 0.4) is 0 Å². The van der Waals surface area contributed by atoms with Crippen LogP contribution in [0.1, 0.15) is 32.9 Å². The second-order valence-electron chi connectivity index (χ2n) is 6.16. The van der Waals surface area contributed by atoms with E-state index >= 15 is 0 Å². The highest BCUT2D eigenvalue weighted by Crippen LogP contribution is 2.18. The van der Waals surface area contributed by atoms with Gasteiger partial charge in [-0.2, -0.15) is 5.10 Å². The Kier molecular flexibility index (Phi) is 5.32. The maximum absolute atomic E-state index is 12.4. The predicted molar refractivity (Wildman–Crippen MR) is 104 cm³/mol. The summed E-state index contributed by atoms with van der Waals surface area (Å²) in [4.78, 5) is 12.4. The van der Waals surface area contributed by atoms with Crippen molar-refractivity contribution in [3.8, 4) is 5.75 Å². The molecule has 3 rings (SSSR count). The van der Waals surface area contributed by atoms with Crippen LogP contribution < -0.4 is 4.74 Å². The number of nitrogens with zero attached hydrogens (tertiary/aromatic N) is 2. The Morgan fingerprint density at radius 3 is 2.62 bits per heavy atom. The Labute approximate surface area is 153 Å². The first kappa shape index (κ1) is 17.7. The van der Waals surface area contributed by atoms with Gasteiger partial charge in [0.2, 0.25) is 0 Å². The van der Waals surface area contributed by atoms with Crippen LogP contribution in [-0.4, -0.2) is 22.7 Å². The summed E-state index contributed by atoms with van der Waals surface area (Å²) in [5, 5.41) is 4.62. The van der Waals surface area contributed by atoms with Gasteiger partial charge in [-0.1, -0.05) is 42.5 Å². The monoisotopic (exact) mass is 346 g/mol. The third-order valence-electron chi connectivity index (χ3n) is 4.37. The summed E-state index contributed by atoms with van der Waals surface area (Å²) < 4.78 is 7.15. The number of hydrogen-bond acceptors (Lipinski definition) is 3. The standard InChI is InChI=1S/C22H22N2O2/c1-16-21(12-13-22(25)19-10-7-11-20(14-19)26-3)17(2)24(23-16)15-18-8-5-4-6-9-18/h4-14H,15H2,1-3H3/b13-12+. The van der Waals surface area contributed by atoms with E-state index in [0.717, 1.165) is 17.0 Å². The van der Waals surface area contributed by atoms with Crippen molar-refractivity contribution < 1.29 is 9.53 Å². The Bertz CT molecular complexity index is 940. The molecule has 3 aromatic rings. The van der Waals surface area contributed by atoms with Crippen molar-refractivity contribution >= 4 is 11.9 Å². The summed E-state index contributed by atoms with van der Waals surface area (Å²) in [6, 6.07) is 17.4. The van der Waals surface area contributed by atoms with E-state index in [1.54, 1.807) is 25.3 Å². The lowest BCUT2D eigenvalue weighted by molar-refractivity contribution is 0.104. The zero-order chi connectivity index (χ0) is 18.5. The number of ketones is 1. The predicted octanol–water partition coefficient (Wildman–Crippen LogP) is 4.45. The molecule has 0 saturated heterocycles. The molecule has 0 amide bonds. The lowest BCUT2D eigenvalue weighted by atomic mass is 10.1. The maximum Gasteiger partial charge on any atom is 0.185 e. The molecule has 0 fully saturated rings. The zero-order valence-electron chi connectivity index (χ0n) is 15.3. The van der Waals surface area contributed by atoms with Crippen LogP contribution >= 0.6 is 0 Å². The maximum atomic E-state index is 12.4. The highest BCUT2D eigenvalue weighted by Gasteiger charge is 2.10. The van der Waals surface area contributed by atoms with Crippen molar-refractivity contribution in [1.82, 2.24) is 9.78 Å². The first-order chi connectivity index (χ1) is 12.6. The van der Waals surface area contributed by atoms with Gasteiger partial charge in [-0.15, -0.1) is 0 Å². The van der Waals surface area contributed by atoms with Gasteiger partial charge in [0.05, 0.1) is 19.3 Å². The summed E-state index contributed by atoms with van der Waals surface area (Å²) in [7, 11) is 1.59. The Hall–Kier alpha value is -3.14. The molecule has 0 radical (unpaired) electrons. The number of benzene rings is 2. The second-order valence-corrected chi connectivity index (χ2v) is 6.16. The van der Waals surface area contributed by atoms with Gasteiger partial charge in [-0.05, 0) is 43.7 Å². The molecule has 2 aromatic carbocycles. The summed E-state index contributed by atoms with van der Waals surface area (Å²) in [6.45, 7) is 4.70. The van der Waals surface area contributed by atoms with Crippen LogP contribution in [0.15, 0.2) is 60.7 Å². The summed E-state index contributed by atoms with van der Waals surface area (Å²) in [5.41, 5.74) is 4.74. The molecule has 0 atom stereocenters. The number of ether oxygens (including phenoxy) is 1. The van der Waals surface area contributed by atoms with E-state index < -0.39 is 0 Å². The zero-order valence-corrected chi connectivity index (χ0v) is 15.3. The van der Waals surface area contributed by atoms with Gasteiger partial charge in [0.1, 0.15) is 5.75 Å². The summed E-state index contributed by atoms with van der Waals surface area (Å²) in [6.07, 6.45) is 3.44. The first-order valence-electron chi connectivity index (χ1n) is 8.53. The van der Waals surface area contributed by atoms with E-state index in [4.69, 9.17) is 4.74 Å². The fraction of sp³-hybridized carbons (Fsp3) is 0.182. The molecule has 0 aliphatic carbocycles. The van der Waals surface area contributed by atoms with Crippen LogP contribution in [0, 0.1) is 13.8 Å². The molecule has 26 heavy (non-hydrogen) atoms. The van der Waals surface area contributed by atoms with E-state index in [9.17, 15) is 4.79 Å². The summed E-state index contributed by atoms with van der Waals surface area (Å²) in [5.74, 6) is 0.616. The number of carbonyl (C=O) groups excluding carboxylic acids is 1. The SMILES string of the molecule is COc1cccc(C(=O)/C=C/c2c(C)nn(Cc3ccccc3)c2C)c1. The Morgan fingerprint density at radius 1 is 1.12 bits per heavy atom. The molecule has 0 aliphatic heterocycles. The molecule has 0 bridgehead atoms. The van der Waals surface area contributed by atoms with Gasteiger partial charge in [-0.25, -0.2) is 0 Å². The lowest BCUT2D eigenvalue weighted by Gasteiger charge is -2.04. The van der Waals surface area contributed by atoms with E-state index in [2.05, 4.69) is 17.2 Å². The molecule has 0 saturated carbocycles. The van der Waals surface area contributed by atoms with Gasteiger partial charge < -0.3 is 4.74 Å². The van der Waals surface area contributed by atoms with Crippen molar-refractivity contribution in [3.63, 3.8) is 0 Å². The summed E-state index contributed by atoms with van der Waals surface area (Å²) >= 11 is 0. The van der Waals surface area contributed by atoms with Crippen molar-refractivity contribution in [2.45, 2.75) is 20.4 Å². The number of hydrogen-bond donors (Lipinski definition) is 0. The van der Waals surface area contributed by atoms with Crippen LogP contribution in [0.2, 0.25) is 0 Å². The molecule has 132 valence electrons. The average molecular weight is 346 g/mol. The second kappa shape index (κ2) is 7.83. The lowest BCUT2D eigenvalue weighted by Crippen LogP contribution is -2.03. The first-order valence-corrected chi connectivity index (χ1v) is 8.53. The average Bonchev–Trinajstić information content (AvgIpc) is 2.93. The van der Waals surface area contributed by atoms with Crippen LogP contribution in [-0.2, 0) is 6.54 Å². The fourth-order valence-corrected chi connectivity index (χ4v) is 2.89. The van der Waals surface area contributed by atoms with Gasteiger partial charge in [0, 0.05) is 16.8 Å². The minimum absolute atomic E-state index is 0.0569. The third-order valence-corrected chi connectivity index (χ3v) is 4.37. The van der Waals surface area contributed by atoms with Gasteiger partial charge in [0.25, 0.3) is 0 Å². The quantitative estimate of drug-likeness (QED) is 0.489. The largest absolute Gasteiger partial charge is 0.497 e. The van der Waals surface area contributed by atoms with E-state index in [-0.39, 0.29) is 5.78 Å². The van der Waals surface area contributed by atoms with E-state index in [0.29, 0.717) is 17.9 Å². The van der Waals surface area contributed by atoms with E-state index in [1.807, 2.05) is 54.9 Å². The van der Waals surface area contributed by atoms with Gasteiger partial charge in [0.15, 0.2) is 5.78 Å². The third kappa shape index (κ3) is 3.91. The van der Waals surface area contributed by atoms with Crippen molar-refractivity contribution in [1.29, 1.82) is 0 Å². The molecule has 0 aliphatic rings. The number of allylic oxidation sites excluding steroid dienone is 1. The molecule has 4 heteroatoms. The minimum Gasteiger partial charge on any atom is -0.497 e. The molecule has 1 aromatic heterocycles. The van der Waals surface area contributed by atoms with Gasteiger partial charge >= 0.3 is 0 Å². The number of aryl methyl sites for hydroxylation is 1. The van der Waals surface area contributed by atoms with Crippen LogP contribution in [0.25, 0.3) is 6.08 Å². The van der Waals surface area contributed by atoms with Crippen LogP contribution in [0.4, 0.5) is 0 Å².